The second kappa shape index (κ2) is 7.29. The van der Waals surface area contributed by atoms with Gasteiger partial charge in [0.1, 0.15) is 0 Å². The molecule has 1 N–H and O–H groups in total. The van der Waals surface area contributed by atoms with Gasteiger partial charge in [-0.3, -0.25) is 4.79 Å². The van der Waals surface area contributed by atoms with E-state index in [4.69, 9.17) is 0 Å². The Morgan fingerprint density at radius 1 is 1.26 bits per heavy atom. The number of nitrogens with one attached hydrogen (secondary N) is 1. The normalized spacial score (nSPS) is 13.9. The number of nitrogens with zero attached hydrogens (tertiary/aromatic N) is 1. The molecule has 0 fully saturated rings. The highest BCUT2D eigenvalue weighted by molar-refractivity contribution is 5.78. The first-order valence-electron chi connectivity index (χ1n) is 7.01. The smallest absolute Gasteiger partial charge is 0.236 e. The van der Waals surface area contributed by atoms with Crippen molar-refractivity contribution in [1.29, 1.82) is 0 Å². The summed E-state index contributed by atoms with van der Waals surface area (Å²) >= 11 is 0. The third-order valence-electron chi connectivity index (χ3n) is 3.75. The lowest BCUT2D eigenvalue weighted by molar-refractivity contribution is -0.131. The molecule has 0 aliphatic rings. The molecule has 2 unspecified atom stereocenters. The van der Waals surface area contributed by atoms with E-state index in [0.717, 1.165) is 6.42 Å². The number of carbonyl (C=O) groups is 1. The second-order valence-electron chi connectivity index (χ2n) is 5.28. The number of aryl methyl sites for hydroxylation is 1. The lowest BCUT2D eigenvalue weighted by Crippen LogP contribution is -2.39. The molecule has 0 saturated heterocycles. The van der Waals surface area contributed by atoms with E-state index in [1.807, 2.05) is 7.05 Å². The van der Waals surface area contributed by atoms with Gasteiger partial charge < -0.3 is 10.2 Å². The maximum atomic E-state index is 12.1. The van der Waals surface area contributed by atoms with Gasteiger partial charge in [0, 0.05) is 13.1 Å². The number of hydrogen-bond acceptors (Lipinski definition) is 2. The van der Waals surface area contributed by atoms with Gasteiger partial charge in [0.05, 0.1) is 12.6 Å². The van der Waals surface area contributed by atoms with E-state index in [2.05, 4.69) is 57.3 Å². The van der Waals surface area contributed by atoms with E-state index < -0.39 is 0 Å². The van der Waals surface area contributed by atoms with Crippen molar-refractivity contribution < 1.29 is 4.79 Å². The van der Waals surface area contributed by atoms with Crippen molar-refractivity contribution in [2.45, 2.75) is 46.2 Å². The number of amides is 1. The largest absolute Gasteiger partial charge is 0.338 e. The van der Waals surface area contributed by atoms with E-state index in [0.29, 0.717) is 12.6 Å². The molecule has 1 amide bonds. The minimum absolute atomic E-state index is 0.104. The summed E-state index contributed by atoms with van der Waals surface area (Å²) in [6.45, 7) is 8.74. The quantitative estimate of drug-likeness (QED) is 0.855. The lowest BCUT2D eigenvalue weighted by atomic mass is 10.1. The van der Waals surface area contributed by atoms with Gasteiger partial charge in [0.25, 0.3) is 0 Å². The van der Waals surface area contributed by atoms with E-state index in [1.165, 1.54) is 11.1 Å². The van der Waals surface area contributed by atoms with Crippen molar-refractivity contribution in [3.05, 3.63) is 35.4 Å². The summed E-state index contributed by atoms with van der Waals surface area (Å²) in [7, 11) is 1.87. The molecule has 0 spiro atoms. The van der Waals surface area contributed by atoms with Gasteiger partial charge in [-0.25, -0.2) is 0 Å². The molecule has 0 aromatic heterocycles. The molecule has 0 radical (unpaired) electrons. The van der Waals surface area contributed by atoms with Crippen LogP contribution in [0.25, 0.3) is 0 Å². The highest BCUT2D eigenvalue weighted by Crippen LogP contribution is 2.18. The molecule has 3 nitrogen and oxygen atoms in total. The predicted octanol–water partition coefficient (Wildman–Crippen LogP) is 2.90. The Morgan fingerprint density at radius 2 is 1.84 bits per heavy atom. The maximum Gasteiger partial charge on any atom is 0.236 e. The van der Waals surface area contributed by atoms with Crippen molar-refractivity contribution in [3.63, 3.8) is 0 Å². The summed E-state index contributed by atoms with van der Waals surface area (Å²) in [4.78, 5) is 13.9. The molecular formula is C16H26N2O. The molecule has 19 heavy (non-hydrogen) atoms. The highest BCUT2D eigenvalue weighted by atomic mass is 16.2. The van der Waals surface area contributed by atoms with Gasteiger partial charge in [-0.2, -0.15) is 0 Å². The van der Waals surface area contributed by atoms with Gasteiger partial charge in [0.2, 0.25) is 5.91 Å². The van der Waals surface area contributed by atoms with Crippen LogP contribution in [0.2, 0.25) is 0 Å². The first-order chi connectivity index (χ1) is 8.95. The van der Waals surface area contributed by atoms with E-state index in [9.17, 15) is 4.79 Å². The maximum absolute atomic E-state index is 12.1. The zero-order valence-corrected chi connectivity index (χ0v) is 12.7. The number of likely N-dealkylation sites (N-methyl/N-ethyl adjacent to an activating group) is 1. The van der Waals surface area contributed by atoms with Crippen molar-refractivity contribution in [2.75, 3.05) is 13.6 Å². The van der Waals surface area contributed by atoms with Crippen LogP contribution in [-0.4, -0.2) is 30.4 Å². The standard InChI is InChI=1S/C16H26N2O/c1-6-13(3)17-11-16(19)18(5)14(4)15-9-7-12(2)8-10-15/h7-10,13-14,17H,6,11H2,1-5H3. The summed E-state index contributed by atoms with van der Waals surface area (Å²) < 4.78 is 0. The van der Waals surface area contributed by atoms with Crippen LogP contribution >= 0.6 is 0 Å². The Bertz CT molecular complexity index is 400. The summed E-state index contributed by atoms with van der Waals surface area (Å²) in [5, 5.41) is 3.24. The zero-order valence-electron chi connectivity index (χ0n) is 12.7. The molecule has 0 bridgehead atoms. The molecular weight excluding hydrogens is 236 g/mol. The monoisotopic (exact) mass is 262 g/mol. The number of benzene rings is 1. The van der Waals surface area contributed by atoms with Crippen LogP contribution < -0.4 is 5.32 Å². The van der Waals surface area contributed by atoms with Gasteiger partial charge >= 0.3 is 0 Å². The number of hydrogen-bond donors (Lipinski definition) is 1. The van der Waals surface area contributed by atoms with Crippen molar-refractivity contribution in [3.8, 4) is 0 Å². The van der Waals surface area contributed by atoms with E-state index in [-0.39, 0.29) is 11.9 Å². The Labute approximate surface area is 117 Å². The molecule has 3 heteroatoms. The fourth-order valence-electron chi connectivity index (χ4n) is 1.82. The SMILES string of the molecule is CCC(C)NCC(=O)N(C)C(C)c1ccc(C)cc1. The third kappa shape index (κ3) is 4.67. The molecule has 1 aromatic rings. The molecule has 0 heterocycles. The summed E-state index contributed by atoms with van der Waals surface area (Å²) in [6.07, 6.45) is 1.03. The van der Waals surface area contributed by atoms with Crippen LogP contribution in [0.15, 0.2) is 24.3 Å². The average molecular weight is 262 g/mol. The Hall–Kier alpha value is -1.35. The van der Waals surface area contributed by atoms with Crippen molar-refractivity contribution in [1.82, 2.24) is 10.2 Å². The second-order valence-corrected chi connectivity index (χ2v) is 5.28. The van der Waals surface area contributed by atoms with Crippen LogP contribution in [0.5, 0.6) is 0 Å². The first-order valence-corrected chi connectivity index (χ1v) is 7.01. The van der Waals surface area contributed by atoms with E-state index in [1.54, 1.807) is 4.90 Å². The van der Waals surface area contributed by atoms with Gasteiger partial charge in [0.15, 0.2) is 0 Å². The zero-order chi connectivity index (χ0) is 14.4. The molecule has 2 atom stereocenters. The molecule has 1 rings (SSSR count). The summed E-state index contributed by atoms with van der Waals surface area (Å²) in [6, 6.07) is 8.83. The molecule has 1 aromatic carbocycles. The van der Waals surface area contributed by atoms with Crippen LogP contribution in [-0.2, 0) is 4.79 Å². The van der Waals surface area contributed by atoms with Crippen LogP contribution in [0, 0.1) is 6.92 Å². The van der Waals surface area contributed by atoms with Crippen molar-refractivity contribution in [2.24, 2.45) is 0 Å². The fourth-order valence-corrected chi connectivity index (χ4v) is 1.82. The highest BCUT2D eigenvalue weighted by Gasteiger charge is 2.17. The lowest BCUT2D eigenvalue weighted by Gasteiger charge is -2.26. The summed E-state index contributed by atoms with van der Waals surface area (Å²) in [5.41, 5.74) is 2.41. The topological polar surface area (TPSA) is 32.3 Å². The molecule has 106 valence electrons. The molecule has 0 aliphatic heterocycles. The molecule has 0 aliphatic carbocycles. The summed E-state index contributed by atoms with van der Waals surface area (Å²) in [5.74, 6) is 0.133. The van der Waals surface area contributed by atoms with Crippen molar-refractivity contribution >= 4 is 5.91 Å². The Balaban J connectivity index is 2.58. The molecule has 0 saturated carbocycles. The van der Waals surface area contributed by atoms with Crippen LogP contribution in [0.3, 0.4) is 0 Å². The Kier molecular flexibility index (Phi) is 6.03. The average Bonchev–Trinajstić information content (AvgIpc) is 2.43. The predicted molar refractivity (Wildman–Crippen MR) is 80.1 cm³/mol. The van der Waals surface area contributed by atoms with Gasteiger partial charge in [-0.1, -0.05) is 36.8 Å². The van der Waals surface area contributed by atoms with E-state index >= 15 is 0 Å². The van der Waals surface area contributed by atoms with Gasteiger partial charge in [-0.05, 0) is 32.8 Å². The van der Waals surface area contributed by atoms with Crippen LogP contribution in [0.4, 0.5) is 0 Å². The first kappa shape index (κ1) is 15.7. The number of rotatable bonds is 6. The minimum atomic E-state index is 0.104. The van der Waals surface area contributed by atoms with Gasteiger partial charge in [-0.15, -0.1) is 0 Å². The van der Waals surface area contributed by atoms with Crippen LogP contribution in [0.1, 0.15) is 44.4 Å². The fraction of sp³-hybridized carbons (Fsp3) is 0.562. The Morgan fingerprint density at radius 3 is 2.37 bits per heavy atom. The minimum Gasteiger partial charge on any atom is -0.338 e. The number of carbonyl (C=O) groups excluding carboxylic acids is 1. The third-order valence-corrected chi connectivity index (χ3v) is 3.75.